The lowest BCUT2D eigenvalue weighted by molar-refractivity contribution is -0.151. The Morgan fingerprint density at radius 3 is 2.80 bits per heavy atom. The molecule has 20 heavy (non-hydrogen) atoms. The third-order valence-corrected chi connectivity index (χ3v) is 5.87. The van der Waals surface area contributed by atoms with Crippen LogP contribution in [0.5, 0.6) is 0 Å². The second-order valence-electron chi connectivity index (χ2n) is 5.83. The van der Waals surface area contributed by atoms with Crippen LogP contribution >= 0.6 is 0 Å². The number of ether oxygens (including phenoxy) is 1. The molecule has 1 saturated heterocycles. The topological polar surface area (TPSA) is 72.6 Å². The Morgan fingerprint density at radius 2 is 2.15 bits per heavy atom. The maximum atomic E-state index is 12.1. The molecule has 6 heteroatoms. The number of hydrogen-bond acceptors (Lipinski definition) is 5. The molecule has 2 unspecified atom stereocenters. The Bertz CT molecular complexity index is 367. The molecule has 5 nitrogen and oxygen atoms in total. The minimum atomic E-state index is -0.783. The van der Waals surface area contributed by atoms with Crippen LogP contribution in [0.1, 0.15) is 32.6 Å². The van der Waals surface area contributed by atoms with Crippen LogP contribution in [0.4, 0.5) is 0 Å². The van der Waals surface area contributed by atoms with E-state index in [0.29, 0.717) is 6.61 Å². The van der Waals surface area contributed by atoms with Crippen LogP contribution in [0.2, 0.25) is 0 Å². The number of esters is 1. The fraction of sp³-hybridized carbons (Fsp3) is 0.929. The Kier molecular flexibility index (Phi) is 5.57. The molecule has 1 aliphatic carbocycles. The highest BCUT2D eigenvalue weighted by Gasteiger charge is 2.46. The fourth-order valence-corrected chi connectivity index (χ4v) is 4.40. The normalized spacial score (nSPS) is 32.4. The zero-order valence-corrected chi connectivity index (χ0v) is 13.1. The van der Waals surface area contributed by atoms with E-state index in [-0.39, 0.29) is 11.9 Å². The summed E-state index contributed by atoms with van der Waals surface area (Å²) in [5.41, 5.74) is 5.55. The molecule has 0 aromatic heterocycles. The third kappa shape index (κ3) is 3.59. The van der Waals surface area contributed by atoms with Crippen molar-refractivity contribution in [3.63, 3.8) is 0 Å². The Morgan fingerprint density at radius 1 is 1.45 bits per heavy atom. The second-order valence-corrected chi connectivity index (χ2v) is 7.52. The van der Waals surface area contributed by atoms with Gasteiger partial charge in [0, 0.05) is 35.4 Å². The van der Waals surface area contributed by atoms with Crippen LogP contribution in [-0.2, 0) is 20.3 Å². The molecule has 0 aromatic carbocycles. The minimum Gasteiger partial charge on any atom is -0.465 e. The van der Waals surface area contributed by atoms with Crippen molar-refractivity contribution in [2.45, 2.75) is 38.1 Å². The molecule has 2 atom stereocenters. The average molecular weight is 302 g/mol. The molecule has 0 amide bonds. The monoisotopic (exact) mass is 302 g/mol. The maximum Gasteiger partial charge on any atom is 0.326 e. The molecule has 0 spiro atoms. The molecule has 2 aliphatic rings. The van der Waals surface area contributed by atoms with Gasteiger partial charge in [-0.05, 0) is 38.6 Å². The molecule has 116 valence electrons. The van der Waals surface area contributed by atoms with E-state index >= 15 is 0 Å². The molecule has 2 N–H and O–H groups in total. The number of nitrogens with two attached hydrogens (primary N) is 1. The van der Waals surface area contributed by atoms with Gasteiger partial charge in [0.05, 0.1) is 6.61 Å². The summed E-state index contributed by atoms with van der Waals surface area (Å²) in [5, 5.41) is 0. The van der Waals surface area contributed by atoms with Crippen molar-refractivity contribution in [3.8, 4) is 0 Å². The zero-order chi connectivity index (χ0) is 14.6. The number of nitrogens with zero attached hydrogens (tertiary/aromatic N) is 1. The largest absolute Gasteiger partial charge is 0.465 e. The van der Waals surface area contributed by atoms with E-state index in [1.54, 1.807) is 0 Å². The summed E-state index contributed by atoms with van der Waals surface area (Å²) in [5.74, 6) is 1.53. The van der Waals surface area contributed by atoms with Gasteiger partial charge in [0.25, 0.3) is 0 Å². The van der Waals surface area contributed by atoms with E-state index in [2.05, 4.69) is 4.90 Å². The first-order chi connectivity index (χ1) is 9.56. The first-order valence-corrected chi connectivity index (χ1v) is 9.08. The summed E-state index contributed by atoms with van der Waals surface area (Å²) < 4.78 is 16.5. The van der Waals surface area contributed by atoms with Gasteiger partial charge >= 0.3 is 5.97 Å². The minimum absolute atomic E-state index is 0.217. The van der Waals surface area contributed by atoms with Crippen LogP contribution in [0, 0.1) is 5.92 Å². The van der Waals surface area contributed by atoms with Crippen LogP contribution in [0.15, 0.2) is 0 Å². The molecule has 0 bridgehead atoms. The van der Waals surface area contributed by atoms with Crippen LogP contribution in [-0.4, -0.2) is 58.4 Å². The predicted octanol–water partition coefficient (Wildman–Crippen LogP) is 0.502. The number of carbonyl (C=O) groups excluding carboxylic acids is 1. The van der Waals surface area contributed by atoms with Gasteiger partial charge in [-0.1, -0.05) is 6.42 Å². The van der Waals surface area contributed by atoms with Crippen LogP contribution < -0.4 is 5.73 Å². The van der Waals surface area contributed by atoms with E-state index in [0.717, 1.165) is 56.8 Å². The quantitative estimate of drug-likeness (QED) is 0.749. The van der Waals surface area contributed by atoms with Gasteiger partial charge in [0.15, 0.2) is 0 Å². The van der Waals surface area contributed by atoms with Crippen LogP contribution in [0.3, 0.4) is 0 Å². The highest BCUT2D eigenvalue weighted by molar-refractivity contribution is 7.85. The van der Waals surface area contributed by atoms with E-state index in [1.165, 1.54) is 0 Å². The average Bonchev–Trinajstić information content (AvgIpc) is 2.81. The number of rotatable bonds is 5. The molecular weight excluding hydrogens is 276 g/mol. The Balaban J connectivity index is 1.85. The Hall–Kier alpha value is -0.460. The SMILES string of the molecule is CCOC(=O)C1(N)CCCC1CCN1CCS(=O)CC1. The molecule has 1 aliphatic heterocycles. The first kappa shape index (κ1) is 15.9. The molecule has 1 saturated carbocycles. The predicted molar refractivity (Wildman–Crippen MR) is 79.8 cm³/mol. The number of carbonyl (C=O) groups is 1. The van der Waals surface area contributed by atoms with Crippen molar-refractivity contribution in [2.24, 2.45) is 11.7 Å². The van der Waals surface area contributed by atoms with E-state index in [4.69, 9.17) is 10.5 Å². The summed E-state index contributed by atoms with van der Waals surface area (Å²) in [4.78, 5) is 14.4. The van der Waals surface area contributed by atoms with Crippen molar-refractivity contribution in [3.05, 3.63) is 0 Å². The molecule has 2 fully saturated rings. The molecule has 0 radical (unpaired) electrons. The molecule has 2 rings (SSSR count). The lowest BCUT2D eigenvalue weighted by Gasteiger charge is -2.32. The van der Waals surface area contributed by atoms with E-state index < -0.39 is 16.3 Å². The van der Waals surface area contributed by atoms with Crippen molar-refractivity contribution >= 4 is 16.8 Å². The molecule has 1 heterocycles. The van der Waals surface area contributed by atoms with Crippen molar-refractivity contribution in [1.29, 1.82) is 0 Å². The van der Waals surface area contributed by atoms with Crippen LogP contribution in [0.25, 0.3) is 0 Å². The highest BCUT2D eigenvalue weighted by Crippen LogP contribution is 2.37. The van der Waals surface area contributed by atoms with Gasteiger partial charge in [0.2, 0.25) is 0 Å². The lowest BCUT2D eigenvalue weighted by Crippen LogP contribution is -2.52. The van der Waals surface area contributed by atoms with Gasteiger partial charge in [-0.3, -0.25) is 9.00 Å². The van der Waals surface area contributed by atoms with Gasteiger partial charge < -0.3 is 15.4 Å². The number of hydrogen-bond donors (Lipinski definition) is 1. The zero-order valence-electron chi connectivity index (χ0n) is 12.3. The maximum absolute atomic E-state index is 12.1. The van der Waals surface area contributed by atoms with Gasteiger partial charge in [-0.15, -0.1) is 0 Å². The summed E-state index contributed by atoms with van der Waals surface area (Å²) in [6.07, 6.45) is 3.68. The third-order valence-electron chi connectivity index (χ3n) is 4.59. The van der Waals surface area contributed by atoms with Crippen molar-refractivity contribution in [2.75, 3.05) is 37.7 Å². The van der Waals surface area contributed by atoms with Gasteiger partial charge in [-0.25, -0.2) is 0 Å². The second kappa shape index (κ2) is 7.00. The van der Waals surface area contributed by atoms with Gasteiger partial charge in [0.1, 0.15) is 5.54 Å². The Labute approximate surface area is 123 Å². The summed E-state index contributed by atoms with van der Waals surface area (Å²) in [7, 11) is -0.632. The fourth-order valence-electron chi connectivity index (χ4n) is 3.28. The summed E-state index contributed by atoms with van der Waals surface area (Å²) >= 11 is 0. The summed E-state index contributed by atoms with van der Waals surface area (Å²) in [6.45, 7) is 4.95. The van der Waals surface area contributed by atoms with Crippen molar-refractivity contribution in [1.82, 2.24) is 4.90 Å². The first-order valence-electron chi connectivity index (χ1n) is 7.59. The lowest BCUT2D eigenvalue weighted by atomic mass is 9.85. The highest BCUT2D eigenvalue weighted by atomic mass is 32.2. The molecule has 0 aromatic rings. The smallest absolute Gasteiger partial charge is 0.326 e. The van der Waals surface area contributed by atoms with Gasteiger partial charge in [-0.2, -0.15) is 0 Å². The molecular formula is C14H26N2O3S. The van der Waals surface area contributed by atoms with E-state index in [9.17, 15) is 9.00 Å². The van der Waals surface area contributed by atoms with E-state index in [1.807, 2.05) is 6.92 Å². The van der Waals surface area contributed by atoms with Crippen molar-refractivity contribution < 1.29 is 13.7 Å². The summed E-state index contributed by atoms with van der Waals surface area (Å²) in [6, 6.07) is 0. The standard InChI is InChI=1S/C14H26N2O3S/c1-2-19-13(17)14(15)6-3-4-12(14)5-7-16-8-10-20(18)11-9-16/h12H,2-11,15H2,1H3.